The largest absolute Gasteiger partial charge is 0.481 e. The number of carbonyl (C=O) groups is 1. The SMILES string of the molecule is Cc1cccc(C(Cc2nonc2C)C(=O)O)c1. The molecule has 1 aromatic heterocycles. The lowest BCUT2D eigenvalue weighted by Gasteiger charge is -2.11. The zero-order valence-electron chi connectivity index (χ0n) is 10.3. The molecule has 0 aliphatic carbocycles. The number of hydrogen-bond donors (Lipinski definition) is 1. The third-order valence-electron chi connectivity index (χ3n) is 2.89. The molecule has 5 heteroatoms. The molecule has 2 rings (SSSR count). The highest BCUT2D eigenvalue weighted by Crippen LogP contribution is 2.22. The topological polar surface area (TPSA) is 76.2 Å². The second-order valence-corrected chi connectivity index (χ2v) is 4.31. The zero-order chi connectivity index (χ0) is 13.1. The summed E-state index contributed by atoms with van der Waals surface area (Å²) in [7, 11) is 0. The van der Waals surface area contributed by atoms with Crippen LogP contribution in [0.3, 0.4) is 0 Å². The van der Waals surface area contributed by atoms with Crippen molar-refractivity contribution in [2.24, 2.45) is 0 Å². The molecule has 1 unspecified atom stereocenters. The van der Waals surface area contributed by atoms with Crippen molar-refractivity contribution >= 4 is 5.97 Å². The van der Waals surface area contributed by atoms with Crippen LogP contribution in [0.25, 0.3) is 0 Å². The molecule has 5 nitrogen and oxygen atoms in total. The molecule has 0 saturated heterocycles. The standard InChI is InChI=1S/C13H14N2O3/c1-8-4-3-5-10(6-8)11(13(16)17)7-12-9(2)14-18-15-12/h3-6,11H,7H2,1-2H3,(H,16,17). The average molecular weight is 246 g/mol. The number of hydrogen-bond acceptors (Lipinski definition) is 4. The first kappa shape index (κ1) is 12.3. The normalized spacial score (nSPS) is 12.3. The number of nitrogens with zero attached hydrogens (tertiary/aromatic N) is 2. The highest BCUT2D eigenvalue weighted by molar-refractivity contribution is 5.76. The third kappa shape index (κ3) is 2.56. The van der Waals surface area contributed by atoms with Crippen LogP contribution in [0.4, 0.5) is 0 Å². The predicted molar refractivity (Wildman–Crippen MR) is 64.3 cm³/mol. The van der Waals surface area contributed by atoms with E-state index in [1.165, 1.54) is 0 Å². The molecule has 1 heterocycles. The first-order valence-corrected chi connectivity index (χ1v) is 5.65. The van der Waals surface area contributed by atoms with Crippen molar-refractivity contribution in [3.05, 3.63) is 46.8 Å². The molecule has 0 fully saturated rings. The van der Waals surface area contributed by atoms with Crippen LogP contribution < -0.4 is 0 Å². The van der Waals surface area contributed by atoms with Crippen molar-refractivity contribution in [2.45, 2.75) is 26.2 Å². The minimum absolute atomic E-state index is 0.286. The van der Waals surface area contributed by atoms with Crippen molar-refractivity contribution in [1.29, 1.82) is 0 Å². The molecule has 0 saturated carbocycles. The van der Waals surface area contributed by atoms with Crippen molar-refractivity contribution in [1.82, 2.24) is 10.3 Å². The van der Waals surface area contributed by atoms with Crippen molar-refractivity contribution in [3.8, 4) is 0 Å². The highest BCUT2D eigenvalue weighted by Gasteiger charge is 2.23. The van der Waals surface area contributed by atoms with Gasteiger partial charge in [-0.15, -0.1) is 0 Å². The van der Waals surface area contributed by atoms with Gasteiger partial charge in [0.15, 0.2) is 0 Å². The number of benzene rings is 1. The van der Waals surface area contributed by atoms with Gasteiger partial charge in [-0.25, -0.2) is 4.63 Å². The molecular weight excluding hydrogens is 232 g/mol. The molecule has 0 amide bonds. The first-order chi connectivity index (χ1) is 8.58. The fourth-order valence-corrected chi connectivity index (χ4v) is 1.86. The Labute approximate surface area is 104 Å². The van der Waals surface area contributed by atoms with E-state index in [2.05, 4.69) is 14.9 Å². The van der Waals surface area contributed by atoms with Gasteiger partial charge in [0, 0.05) is 6.42 Å². The minimum atomic E-state index is -0.872. The van der Waals surface area contributed by atoms with Crippen LogP contribution in [0.1, 0.15) is 28.4 Å². The van der Waals surface area contributed by atoms with Crippen LogP contribution in [-0.2, 0) is 11.2 Å². The molecule has 2 aromatic rings. The summed E-state index contributed by atoms with van der Waals surface area (Å²) in [6, 6.07) is 7.48. The average Bonchev–Trinajstić information content (AvgIpc) is 2.71. The fourth-order valence-electron chi connectivity index (χ4n) is 1.86. The first-order valence-electron chi connectivity index (χ1n) is 5.65. The van der Waals surface area contributed by atoms with Crippen LogP contribution in [0.15, 0.2) is 28.9 Å². The molecule has 0 aliphatic heterocycles. The predicted octanol–water partition coefficient (Wildman–Crippen LogP) is 2.10. The molecule has 94 valence electrons. The summed E-state index contributed by atoms with van der Waals surface area (Å²) in [5.41, 5.74) is 3.02. The van der Waals surface area contributed by atoms with Crippen molar-refractivity contribution < 1.29 is 14.5 Å². The quantitative estimate of drug-likeness (QED) is 0.893. The van der Waals surface area contributed by atoms with E-state index in [0.717, 1.165) is 11.1 Å². The van der Waals surface area contributed by atoms with E-state index < -0.39 is 11.9 Å². The summed E-state index contributed by atoms with van der Waals surface area (Å²) in [6.07, 6.45) is 0.286. The number of aliphatic carboxylic acids is 1. The summed E-state index contributed by atoms with van der Waals surface area (Å²) < 4.78 is 4.59. The van der Waals surface area contributed by atoms with Gasteiger partial charge in [0.2, 0.25) is 0 Å². The number of rotatable bonds is 4. The Bertz CT molecular complexity index is 563. The second kappa shape index (κ2) is 5.00. The van der Waals surface area contributed by atoms with Gasteiger partial charge in [-0.1, -0.05) is 40.1 Å². The number of carboxylic acids is 1. The van der Waals surface area contributed by atoms with Crippen LogP contribution in [-0.4, -0.2) is 21.4 Å². The Balaban J connectivity index is 2.30. The Morgan fingerprint density at radius 2 is 2.17 bits per heavy atom. The maximum atomic E-state index is 11.4. The van der Waals surface area contributed by atoms with E-state index in [4.69, 9.17) is 0 Å². The molecule has 18 heavy (non-hydrogen) atoms. The fraction of sp³-hybridized carbons (Fsp3) is 0.308. The molecule has 1 atom stereocenters. The second-order valence-electron chi connectivity index (χ2n) is 4.31. The molecule has 0 bridgehead atoms. The summed E-state index contributed by atoms with van der Waals surface area (Å²) in [4.78, 5) is 11.4. The van der Waals surface area contributed by atoms with Crippen molar-refractivity contribution in [3.63, 3.8) is 0 Å². The Kier molecular flexibility index (Phi) is 3.41. The Morgan fingerprint density at radius 3 is 2.72 bits per heavy atom. The Morgan fingerprint density at radius 1 is 1.39 bits per heavy atom. The molecular formula is C13H14N2O3. The maximum Gasteiger partial charge on any atom is 0.311 e. The molecule has 1 aromatic carbocycles. The van der Waals surface area contributed by atoms with E-state index in [0.29, 0.717) is 11.4 Å². The number of aromatic nitrogens is 2. The lowest BCUT2D eigenvalue weighted by Crippen LogP contribution is -2.15. The van der Waals surface area contributed by atoms with Crippen molar-refractivity contribution in [2.75, 3.05) is 0 Å². The molecule has 0 spiro atoms. The van der Waals surface area contributed by atoms with Gasteiger partial charge in [0.05, 0.1) is 5.92 Å². The molecule has 0 aliphatic rings. The lowest BCUT2D eigenvalue weighted by molar-refractivity contribution is -0.138. The van der Waals surface area contributed by atoms with Gasteiger partial charge in [0.25, 0.3) is 0 Å². The number of aryl methyl sites for hydroxylation is 2. The van der Waals surface area contributed by atoms with E-state index in [9.17, 15) is 9.90 Å². The minimum Gasteiger partial charge on any atom is -0.481 e. The smallest absolute Gasteiger partial charge is 0.311 e. The van der Waals surface area contributed by atoms with Crippen LogP contribution >= 0.6 is 0 Å². The third-order valence-corrected chi connectivity index (χ3v) is 2.89. The van der Waals surface area contributed by atoms with Gasteiger partial charge in [-0.2, -0.15) is 0 Å². The molecule has 1 N–H and O–H groups in total. The Hall–Kier alpha value is -2.17. The van der Waals surface area contributed by atoms with Crippen LogP contribution in [0.5, 0.6) is 0 Å². The summed E-state index contributed by atoms with van der Waals surface area (Å²) in [5.74, 6) is -1.50. The zero-order valence-corrected chi connectivity index (χ0v) is 10.3. The lowest BCUT2D eigenvalue weighted by atomic mass is 9.93. The van der Waals surface area contributed by atoms with E-state index in [-0.39, 0.29) is 6.42 Å². The van der Waals surface area contributed by atoms with Crippen LogP contribution in [0.2, 0.25) is 0 Å². The van der Waals surface area contributed by atoms with Gasteiger partial charge in [-0.3, -0.25) is 4.79 Å². The van der Waals surface area contributed by atoms with Gasteiger partial charge in [0.1, 0.15) is 11.4 Å². The number of carboxylic acid groups (broad SMARTS) is 1. The summed E-state index contributed by atoms with van der Waals surface area (Å²) in [6.45, 7) is 3.69. The van der Waals surface area contributed by atoms with E-state index in [1.807, 2.05) is 31.2 Å². The summed E-state index contributed by atoms with van der Waals surface area (Å²) >= 11 is 0. The van der Waals surface area contributed by atoms with Crippen LogP contribution in [0, 0.1) is 13.8 Å². The summed E-state index contributed by atoms with van der Waals surface area (Å²) in [5, 5.41) is 16.7. The van der Waals surface area contributed by atoms with E-state index in [1.54, 1.807) is 6.92 Å². The molecule has 0 radical (unpaired) electrons. The van der Waals surface area contributed by atoms with Gasteiger partial charge >= 0.3 is 5.97 Å². The van der Waals surface area contributed by atoms with Gasteiger partial charge < -0.3 is 5.11 Å². The highest BCUT2D eigenvalue weighted by atomic mass is 16.6. The monoisotopic (exact) mass is 246 g/mol. The van der Waals surface area contributed by atoms with Gasteiger partial charge in [-0.05, 0) is 19.4 Å². The maximum absolute atomic E-state index is 11.4. The van der Waals surface area contributed by atoms with E-state index >= 15 is 0 Å².